The van der Waals surface area contributed by atoms with Gasteiger partial charge in [0.25, 0.3) is 0 Å². The van der Waals surface area contributed by atoms with E-state index in [1.165, 1.54) is 0 Å². The Hall–Kier alpha value is -0.520. The predicted octanol–water partition coefficient (Wildman–Crippen LogP) is -0.396. The lowest BCUT2D eigenvalue weighted by Gasteiger charge is -2.18. The number of carbonyl (C=O) groups is 2. The number of hydrogen-bond donors (Lipinski definition) is 6. The van der Waals surface area contributed by atoms with Gasteiger partial charge in [0.2, 0.25) is 11.8 Å². The molecule has 20 heavy (non-hydrogen) atoms. The minimum absolute atomic E-state index is 0.0600. The summed E-state index contributed by atoms with van der Waals surface area (Å²) in [6.07, 6.45) is 2.65. The molecule has 0 saturated carbocycles. The molecule has 0 unspecified atom stereocenters. The largest absolute Gasteiger partial charge is 0.379 e. The Morgan fingerprint density at radius 2 is 1.95 bits per heavy atom. The number of nitrogens with two attached hydrogens (primary N) is 1. The molecule has 0 aliphatic carbocycles. The second-order valence-electron chi connectivity index (χ2n) is 4.19. The highest BCUT2D eigenvalue weighted by atomic mass is 127. The van der Waals surface area contributed by atoms with Crippen LogP contribution in [0.1, 0.15) is 19.3 Å². The highest BCUT2D eigenvalue weighted by Crippen LogP contribution is 2.08. The van der Waals surface area contributed by atoms with Gasteiger partial charge in [0.1, 0.15) is 0 Å². The van der Waals surface area contributed by atoms with Crippen LogP contribution in [0.2, 0.25) is 0 Å². The third kappa shape index (κ3) is 10.3. The van der Waals surface area contributed by atoms with Crippen molar-refractivity contribution in [1.29, 1.82) is 0 Å². The summed E-state index contributed by atoms with van der Waals surface area (Å²) in [6.45, 7) is 4.79. The smallest absolute Gasteiger partial charge is 0.236 e. The van der Waals surface area contributed by atoms with Gasteiger partial charge in [-0.15, -0.1) is 0 Å². The molecule has 1 atom stereocenters. The van der Waals surface area contributed by atoms with E-state index < -0.39 is 5.91 Å². The molecule has 7 nitrogen and oxygen atoms in total. The van der Waals surface area contributed by atoms with Crippen molar-refractivity contribution in [3.8, 4) is 0 Å². The molecule has 0 heterocycles. The topological polar surface area (TPSA) is 108 Å². The first-order valence-corrected chi connectivity index (χ1v) is 7.74. The van der Waals surface area contributed by atoms with Crippen LogP contribution in [-0.2, 0) is 9.59 Å². The molecular weight excluding hydrogens is 393 g/mol. The van der Waals surface area contributed by atoms with Gasteiger partial charge >= 0.3 is 0 Å². The Morgan fingerprint density at radius 3 is 2.50 bits per heavy atom. The maximum absolute atomic E-state index is 11.1. The molecule has 2 amide bonds. The highest BCUT2D eigenvalue weighted by molar-refractivity contribution is 14.1. The van der Waals surface area contributed by atoms with Crippen molar-refractivity contribution >= 4 is 47.5 Å². The summed E-state index contributed by atoms with van der Waals surface area (Å²) < 4.78 is 5.58. The van der Waals surface area contributed by atoms with Crippen LogP contribution in [0.4, 0.5) is 0 Å². The number of rotatable bonds is 12. The summed E-state index contributed by atoms with van der Waals surface area (Å²) in [5.41, 5.74) is 5.80. The third-order valence-corrected chi connectivity index (χ3v) is 3.43. The van der Waals surface area contributed by atoms with Gasteiger partial charge in [0, 0.05) is 35.1 Å². The van der Waals surface area contributed by atoms with E-state index in [2.05, 4.69) is 61.1 Å². The minimum atomic E-state index is -0.418. The monoisotopic (exact) mass is 415 g/mol. The van der Waals surface area contributed by atoms with Gasteiger partial charge in [-0.3, -0.25) is 17.8 Å². The van der Waals surface area contributed by atoms with Gasteiger partial charge in [0.05, 0.1) is 19.1 Å². The summed E-state index contributed by atoms with van der Waals surface area (Å²) in [4.78, 5) is 21.8. The van der Waals surface area contributed by atoms with Crippen LogP contribution < -0.4 is 24.6 Å². The van der Waals surface area contributed by atoms with Crippen LogP contribution >= 0.6 is 35.7 Å². The van der Waals surface area contributed by atoms with E-state index in [1.54, 1.807) is 0 Å². The third-order valence-electron chi connectivity index (χ3n) is 2.52. The number of thiol groups is 1. The minimum Gasteiger partial charge on any atom is -0.379 e. The molecule has 0 aromatic heterocycles. The van der Waals surface area contributed by atoms with Gasteiger partial charge in [-0.1, -0.05) is 19.4 Å². The van der Waals surface area contributed by atoms with E-state index in [0.717, 1.165) is 25.0 Å². The molecular formula is C11H22IN5O2S. The maximum Gasteiger partial charge on any atom is 0.236 e. The van der Waals surface area contributed by atoms with Crippen molar-refractivity contribution in [2.24, 2.45) is 5.73 Å². The number of primary amides is 1. The lowest BCUT2D eigenvalue weighted by molar-refractivity contribution is -0.120. The zero-order valence-electron chi connectivity index (χ0n) is 11.2. The van der Waals surface area contributed by atoms with Crippen molar-refractivity contribution in [2.45, 2.75) is 25.3 Å². The zero-order chi connectivity index (χ0) is 15.4. The molecule has 0 spiro atoms. The summed E-state index contributed by atoms with van der Waals surface area (Å²) in [7, 11) is 0. The lowest BCUT2D eigenvalue weighted by Crippen LogP contribution is -2.36. The van der Waals surface area contributed by atoms with Crippen molar-refractivity contribution in [2.75, 3.05) is 19.6 Å². The molecule has 0 rings (SSSR count). The molecule has 0 bridgehead atoms. The first kappa shape index (κ1) is 19.5. The number of amides is 2. The molecule has 0 aromatic carbocycles. The molecule has 0 radical (unpaired) electrons. The van der Waals surface area contributed by atoms with Crippen molar-refractivity contribution in [1.82, 2.24) is 18.9 Å². The lowest BCUT2D eigenvalue weighted by atomic mass is 10.1. The summed E-state index contributed by atoms with van der Waals surface area (Å²) in [5, 5.41) is 5.66. The fraction of sp³-hybridized carbons (Fsp3) is 0.636. The molecule has 116 valence electrons. The van der Waals surface area contributed by atoms with Crippen molar-refractivity contribution in [3.63, 3.8) is 0 Å². The van der Waals surface area contributed by atoms with Crippen LogP contribution in [0.5, 0.6) is 0 Å². The highest BCUT2D eigenvalue weighted by Gasteiger charge is 2.11. The van der Waals surface area contributed by atoms with Crippen LogP contribution in [0.25, 0.3) is 0 Å². The fourth-order valence-corrected chi connectivity index (χ4v) is 2.28. The van der Waals surface area contributed by atoms with E-state index in [1.807, 2.05) is 0 Å². The van der Waals surface area contributed by atoms with Gasteiger partial charge < -0.3 is 16.4 Å². The number of unbranched alkanes of at least 4 members (excludes halogenated alkanes) is 1. The predicted molar refractivity (Wildman–Crippen MR) is 91.1 cm³/mol. The Balaban J connectivity index is 3.76. The zero-order valence-corrected chi connectivity index (χ0v) is 14.3. The number of halogens is 1. The van der Waals surface area contributed by atoms with E-state index in [-0.39, 0.29) is 25.0 Å². The van der Waals surface area contributed by atoms with E-state index in [4.69, 9.17) is 5.73 Å². The van der Waals surface area contributed by atoms with Gasteiger partial charge in [-0.05, 0) is 19.3 Å². The van der Waals surface area contributed by atoms with E-state index in [9.17, 15) is 9.59 Å². The number of hydrogen-bond acceptors (Lipinski definition) is 6. The average Bonchev–Trinajstić information content (AvgIpc) is 2.40. The normalized spacial score (nSPS) is 11.7. The molecule has 0 saturated heterocycles. The number of nitrogens with one attached hydrogen (secondary N) is 4. The van der Waals surface area contributed by atoms with Crippen LogP contribution in [0, 0.1) is 0 Å². The van der Waals surface area contributed by atoms with Crippen LogP contribution in [0.3, 0.4) is 0 Å². The molecule has 6 N–H and O–H groups in total. The summed E-state index contributed by atoms with van der Waals surface area (Å²) in [5.74, 6) is -0.491. The quantitative estimate of drug-likeness (QED) is 0.113. The Bertz CT molecular complexity index is 330. The SMILES string of the molecule is C=C(NCC(N)=O)[C@H](CCCCNC(=O)CNS)NI. The van der Waals surface area contributed by atoms with Crippen LogP contribution in [-0.4, -0.2) is 37.5 Å². The molecule has 0 aromatic rings. The molecule has 0 aliphatic rings. The Kier molecular flexibility index (Phi) is 11.9. The van der Waals surface area contributed by atoms with Crippen molar-refractivity contribution < 1.29 is 9.59 Å². The second-order valence-corrected chi connectivity index (χ2v) is 5.13. The van der Waals surface area contributed by atoms with Gasteiger partial charge in [-0.25, -0.2) is 0 Å². The number of carbonyl (C=O) groups excluding carboxylic acids is 2. The average molecular weight is 415 g/mol. The first-order chi connectivity index (χ1) is 9.51. The van der Waals surface area contributed by atoms with E-state index in [0.29, 0.717) is 6.54 Å². The Labute approximate surface area is 138 Å². The first-order valence-electron chi connectivity index (χ1n) is 6.22. The van der Waals surface area contributed by atoms with Crippen LogP contribution in [0.15, 0.2) is 12.3 Å². The summed E-state index contributed by atoms with van der Waals surface area (Å²) in [6, 6.07) is 0.0600. The maximum atomic E-state index is 11.1. The van der Waals surface area contributed by atoms with E-state index >= 15 is 0 Å². The fourth-order valence-electron chi connectivity index (χ4n) is 1.45. The van der Waals surface area contributed by atoms with Gasteiger partial charge in [-0.2, -0.15) is 0 Å². The van der Waals surface area contributed by atoms with Crippen molar-refractivity contribution in [3.05, 3.63) is 12.3 Å². The Morgan fingerprint density at radius 1 is 1.25 bits per heavy atom. The molecule has 0 aliphatic heterocycles. The second kappa shape index (κ2) is 12.2. The van der Waals surface area contributed by atoms with Gasteiger partial charge in [0.15, 0.2) is 0 Å². The molecule has 0 fully saturated rings. The summed E-state index contributed by atoms with van der Waals surface area (Å²) >= 11 is 5.80. The molecule has 9 heteroatoms. The standard InChI is InChI=1S/C11H22IN5O2S/c1-8(15-6-10(13)18)9(17-12)4-2-3-5-14-11(19)7-16-20/h9,15-17,20H,1-7H2,(H2,13,18)(H,14,19)/t9-/m0/s1.